The number of benzene rings is 1. The van der Waals surface area contributed by atoms with Crippen LogP contribution < -0.4 is 16.0 Å². The predicted molar refractivity (Wildman–Crippen MR) is 100 cm³/mol. The van der Waals surface area contributed by atoms with E-state index in [1.807, 2.05) is 24.5 Å². The number of carboxylic acid groups (broad SMARTS) is 1. The molecule has 0 saturated carbocycles. The van der Waals surface area contributed by atoms with Gasteiger partial charge in [0.15, 0.2) is 0 Å². The molecular formula is C17H23N3O6S. The Labute approximate surface area is 161 Å². The Bertz CT molecular complexity index is 641. The number of carbonyl (C=O) groups is 4. The smallest absolute Gasteiger partial charge is 0.408 e. The second kappa shape index (κ2) is 12.6. The van der Waals surface area contributed by atoms with Crippen molar-refractivity contribution in [2.45, 2.75) is 19.1 Å². The van der Waals surface area contributed by atoms with Gasteiger partial charge >= 0.3 is 12.1 Å². The van der Waals surface area contributed by atoms with Gasteiger partial charge in [-0.1, -0.05) is 30.3 Å². The Morgan fingerprint density at radius 1 is 1.11 bits per heavy atom. The standard InChI is InChI=1S/C17H23N3O6S/c1-27-8-7-13(16(24)19-9-14(21)18-10-15(22)23)20-17(25)26-11-12-5-3-2-4-6-12/h2-6,13H,7-11H2,1H3,(H,18,21)(H,19,24)(H,20,25)(H,22,23)/t13-/m1/s1. The molecule has 0 aliphatic carbocycles. The minimum atomic E-state index is -1.18. The summed E-state index contributed by atoms with van der Waals surface area (Å²) in [7, 11) is 0. The monoisotopic (exact) mass is 397 g/mol. The largest absolute Gasteiger partial charge is 0.480 e. The van der Waals surface area contributed by atoms with Gasteiger partial charge in [0.2, 0.25) is 11.8 Å². The molecule has 1 atom stereocenters. The SMILES string of the molecule is CSCC[C@@H](NC(=O)OCc1ccccc1)C(=O)NCC(=O)NCC(=O)O. The quantitative estimate of drug-likeness (QED) is 0.423. The van der Waals surface area contributed by atoms with Gasteiger partial charge in [-0.3, -0.25) is 14.4 Å². The van der Waals surface area contributed by atoms with Crippen molar-refractivity contribution in [1.29, 1.82) is 0 Å². The number of rotatable bonds is 11. The van der Waals surface area contributed by atoms with Gasteiger partial charge in [-0.15, -0.1) is 0 Å². The number of ether oxygens (including phenoxy) is 1. The molecule has 1 aromatic rings. The molecular weight excluding hydrogens is 374 g/mol. The molecule has 0 aliphatic heterocycles. The fourth-order valence-electron chi connectivity index (χ4n) is 1.94. The molecule has 148 valence electrons. The number of nitrogens with one attached hydrogen (secondary N) is 3. The fraction of sp³-hybridized carbons (Fsp3) is 0.412. The highest BCUT2D eigenvalue weighted by Gasteiger charge is 2.21. The zero-order valence-corrected chi connectivity index (χ0v) is 15.7. The van der Waals surface area contributed by atoms with Gasteiger partial charge in [0.25, 0.3) is 0 Å². The van der Waals surface area contributed by atoms with Crippen LogP contribution >= 0.6 is 11.8 Å². The molecule has 0 radical (unpaired) electrons. The average Bonchev–Trinajstić information content (AvgIpc) is 2.66. The number of aliphatic carboxylic acids is 1. The van der Waals surface area contributed by atoms with Gasteiger partial charge in [0.05, 0.1) is 6.54 Å². The van der Waals surface area contributed by atoms with Gasteiger partial charge in [0, 0.05) is 0 Å². The molecule has 0 heterocycles. The molecule has 0 aromatic heterocycles. The first-order chi connectivity index (χ1) is 12.9. The van der Waals surface area contributed by atoms with E-state index in [2.05, 4.69) is 16.0 Å². The third-order valence-corrected chi connectivity index (χ3v) is 3.94. The van der Waals surface area contributed by atoms with Gasteiger partial charge in [-0.2, -0.15) is 11.8 Å². The molecule has 0 unspecified atom stereocenters. The third-order valence-electron chi connectivity index (χ3n) is 3.29. The molecule has 10 heteroatoms. The van der Waals surface area contributed by atoms with Crippen molar-refractivity contribution in [3.8, 4) is 0 Å². The highest BCUT2D eigenvalue weighted by Crippen LogP contribution is 2.04. The zero-order valence-electron chi connectivity index (χ0n) is 14.9. The molecule has 0 aliphatic rings. The first-order valence-electron chi connectivity index (χ1n) is 8.14. The molecule has 0 bridgehead atoms. The van der Waals surface area contributed by atoms with Crippen molar-refractivity contribution >= 4 is 35.6 Å². The van der Waals surface area contributed by atoms with E-state index in [1.54, 1.807) is 12.1 Å². The van der Waals surface area contributed by atoms with Crippen molar-refractivity contribution in [1.82, 2.24) is 16.0 Å². The second-order valence-corrected chi connectivity index (χ2v) is 6.41. The Hall–Kier alpha value is -2.75. The van der Waals surface area contributed by atoms with Crippen LogP contribution in [0.25, 0.3) is 0 Å². The van der Waals surface area contributed by atoms with Gasteiger partial charge < -0.3 is 25.8 Å². The zero-order chi connectivity index (χ0) is 20.1. The van der Waals surface area contributed by atoms with E-state index in [9.17, 15) is 19.2 Å². The minimum Gasteiger partial charge on any atom is -0.480 e. The summed E-state index contributed by atoms with van der Waals surface area (Å²) < 4.78 is 5.10. The summed E-state index contributed by atoms with van der Waals surface area (Å²) in [5.74, 6) is -1.76. The summed E-state index contributed by atoms with van der Waals surface area (Å²) in [6.45, 7) is -0.849. The van der Waals surface area contributed by atoms with Crippen LogP contribution in [0.15, 0.2) is 30.3 Å². The summed E-state index contributed by atoms with van der Waals surface area (Å²) in [6, 6.07) is 8.23. The first-order valence-corrected chi connectivity index (χ1v) is 9.54. The van der Waals surface area contributed by atoms with Crippen molar-refractivity contribution in [3.05, 3.63) is 35.9 Å². The van der Waals surface area contributed by atoms with Crippen LogP contribution in [-0.2, 0) is 25.7 Å². The second-order valence-electron chi connectivity index (χ2n) is 5.43. The number of carboxylic acids is 1. The molecule has 0 spiro atoms. The van der Waals surface area contributed by atoms with E-state index in [4.69, 9.17) is 9.84 Å². The van der Waals surface area contributed by atoms with E-state index in [0.717, 1.165) is 5.56 Å². The number of carbonyl (C=O) groups excluding carboxylic acids is 3. The molecule has 1 rings (SSSR count). The number of hydrogen-bond acceptors (Lipinski definition) is 6. The van der Waals surface area contributed by atoms with E-state index < -0.39 is 36.5 Å². The minimum absolute atomic E-state index is 0.0706. The van der Waals surface area contributed by atoms with Gasteiger partial charge in [-0.25, -0.2) is 4.79 Å². The van der Waals surface area contributed by atoms with Crippen LogP contribution in [0, 0.1) is 0 Å². The lowest BCUT2D eigenvalue weighted by atomic mass is 10.2. The van der Waals surface area contributed by atoms with Crippen LogP contribution in [0.1, 0.15) is 12.0 Å². The summed E-state index contributed by atoms with van der Waals surface area (Å²) >= 11 is 1.50. The van der Waals surface area contributed by atoms with Crippen LogP contribution in [-0.4, -0.2) is 60.1 Å². The van der Waals surface area contributed by atoms with Crippen LogP contribution in [0.5, 0.6) is 0 Å². The summed E-state index contributed by atoms with van der Waals surface area (Å²) in [6.07, 6.45) is 1.47. The van der Waals surface area contributed by atoms with Crippen molar-refractivity contribution in [2.75, 3.05) is 25.1 Å². The first kappa shape index (κ1) is 22.3. The maximum Gasteiger partial charge on any atom is 0.408 e. The average molecular weight is 397 g/mol. The van der Waals surface area contributed by atoms with Gasteiger partial charge in [-0.05, 0) is 24.0 Å². The lowest BCUT2D eigenvalue weighted by Crippen LogP contribution is -2.49. The van der Waals surface area contributed by atoms with Crippen molar-refractivity contribution < 1.29 is 29.0 Å². The normalized spacial score (nSPS) is 11.1. The van der Waals surface area contributed by atoms with Crippen molar-refractivity contribution in [3.63, 3.8) is 0 Å². The van der Waals surface area contributed by atoms with Crippen LogP contribution in [0.3, 0.4) is 0 Å². The number of amides is 3. The van der Waals surface area contributed by atoms with Crippen LogP contribution in [0.4, 0.5) is 4.79 Å². The molecule has 1 aromatic carbocycles. The molecule has 3 amide bonds. The molecule has 0 saturated heterocycles. The Balaban J connectivity index is 2.47. The van der Waals surface area contributed by atoms with E-state index in [-0.39, 0.29) is 13.2 Å². The molecule has 27 heavy (non-hydrogen) atoms. The van der Waals surface area contributed by atoms with Gasteiger partial charge in [0.1, 0.15) is 19.2 Å². The summed E-state index contributed by atoms with van der Waals surface area (Å²) in [5, 5.41) is 15.5. The highest BCUT2D eigenvalue weighted by atomic mass is 32.2. The van der Waals surface area contributed by atoms with Crippen molar-refractivity contribution in [2.24, 2.45) is 0 Å². The lowest BCUT2D eigenvalue weighted by molar-refractivity contribution is -0.137. The topological polar surface area (TPSA) is 134 Å². The van der Waals surface area contributed by atoms with Crippen LogP contribution in [0.2, 0.25) is 0 Å². The maximum absolute atomic E-state index is 12.2. The fourth-order valence-corrected chi connectivity index (χ4v) is 2.41. The summed E-state index contributed by atoms with van der Waals surface area (Å²) in [4.78, 5) is 46.0. The van der Waals surface area contributed by atoms with E-state index in [0.29, 0.717) is 12.2 Å². The highest BCUT2D eigenvalue weighted by molar-refractivity contribution is 7.98. The molecule has 0 fully saturated rings. The molecule has 9 nitrogen and oxygen atoms in total. The maximum atomic E-state index is 12.2. The third kappa shape index (κ3) is 10.1. The van der Waals surface area contributed by atoms with E-state index >= 15 is 0 Å². The van der Waals surface area contributed by atoms with E-state index in [1.165, 1.54) is 11.8 Å². The Kier molecular flexibility index (Phi) is 10.4. The summed E-state index contributed by atoms with van der Waals surface area (Å²) in [5.41, 5.74) is 0.813. The predicted octanol–water partition coefficient (Wildman–Crippen LogP) is 0.352. The lowest BCUT2D eigenvalue weighted by Gasteiger charge is -2.18. The number of alkyl carbamates (subject to hydrolysis) is 1. The molecule has 4 N–H and O–H groups in total. The number of thioether (sulfide) groups is 1. The number of hydrogen-bond donors (Lipinski definition) is 4. The Morgan fingerprint density at radius 2 is 1.81 bits per heavy atom. The Morgan fingerprint density at radius 3 is 2.44 bits per heavy atom.